The fourth-order valence-electron chi connectivity index (χ4n) is 14.3. The average Bonchev–Trinajstić information content (AvgIpc) is 3.76. The van der Waals surface area contributed by atoms with Crippen LogP contribution in [0.4, 0.5) is 11.4 Å². The van der Waals surface area contributed by atoms with Gasteiger partial charge in [-0.1, -0.05) is 75.2 Å². The zero-order valence-electron chi connectivity index (χ0n) is 25.5. The molecule has 0 radical (unpaired) electrons. The standard InChI is InChI=1S/C38H46N4/c1-4-23-19-40-15-13-36-28-10-8-11-29-34(28)42(35(36)22(3)25(23)17-32(36)40)21-30-26-18-33-37(14-16-41(33)20-24(26)5-2)27-9-6-7-12-31(27)39-38(29,30)37/h6-12,23-26,30,32-33,35,39H,3-5,13-21H2,1-2H3. The number of anilines is 2. The minimum atomic E-state index is -0.0144. The second-order valence-electron chi connectivity index (χ2n) is 16.0. The van der Waals surface area contributed by atoms with Crippen LogP contribution in [-0.4, -0.2) is 60.6 Å². The molecule has 11 atom stereocenters. The zero-order chi connectivity index (χ0) is 27.7. The van der Waals surface area contributed by atoms with Gasteiger partial charge in [0.1, 0.15) is 0 Å². The van der Waals surface area contributed by atoms with Crippen molar-refractivity contribution >= 4 is 11.4 Å². The lowest BCUT2D eigenvalue weighted by Gasteiger charge is -2.66. The van der Waals surface area contributed by atoms with Gasteiger partial charge in [0.25, 0.3) is 0 Å². The van der Waals surface area contributed by atoms with Crippen LogP contribution >= 0.6 is 0 Å². The predicted octanol–water partition coefficient (Wildman–Crippen LogP) is 6.13. The Morgan fingerprint density at radius 3 is 2.48 bits per heavy atom. The van der Waals surface area contributed by atoms with E-state index in [0.29, 0.717) is 30.0 Å². The topological polar surface area (TPSA) is 21.8 Å². The maximum Gasteiger partial charge on any atom is 0.0805 e. The number of hydrogen-bond acceptors (Lipinski definition) is 4. The first-order valence-electron chi connectivity index (χ1n) is 17.5. The molecule has 7 aliphatic heterocycles. The van der Waals surface area contributed by atoms with Crippen LogP contribution in [0.5, 0.6) is 0 Å². The molecular weight excluding hydrogens is 512 g/mol. The van der Waals surface area contributed by atoms with E-state index in [0.717, 1.165) is 17.8 Å². The number of hydrogen-bond donors (Lipinski definition) is 1. The summed E-state index contributed by atoms with van der Waals surface area (Å²) in [7, 11) is 0. The third-order valence-corrected chi connectivity index (χ3v) is 15.6. The summed E-state index contributed by atoms with van der Waals surface area (Å²) in [5, 5.41) is 4.49. The summed E-state index contributed by atoms with van der Waals surface area (Å²) in [4.78, 5) is 8.91. The van der Waals surface area contributed by atoms with Gasteiger partial charge in [0.2, 0.25) is 0 Å². The van der Waals surface area contributed by atoms with Crippen LogP contribution in [0.3, 0.4) is 0 Å². The van der Waals surface area contributed by atoms with Gasteiger partial charge in [-0.25, -0.2) is 0 Å². The molecule has 218 valence electrons. The minimum Gasteiger partial charge on any atom is -0.374 e. The molecule has 2 aromatic carbocycles. The van der Waals surface area contributed by atoms with E-state index in [4.69, 9.17) is 6.58 Å². The van der Waals surface area contributed by atoms with Crippen molar-refractivity contribution in [1.29, 1.82) is 0 Å². The van der Waals surface area contributed by atoms with E-state index in [1.54, 1.807) is 28.0 Å². The Bertz CT molecular complexity index is 1560. The molecule has 4 heteroatoms. The molecule has 0 amide bonds. The Labute approximate surface area is 251 Å². The summed E-state index contributed by atoms with van der Waals surface area (Å²) in [5.41, 5.74) is 10.1. The first kappa shape index (κ1) is 24.1. The highest BCUT2D eigenvalue weighted by Crippen LogP contribution is 2.74. The SMILES string of the molecule is C=C1C2CC3N(CCC34c3cccc5c3N(CC3C6CC7N(CCC78c7ccccc7NC538)CC6CC)C14)CC2CC. The van der Waals surface area contributed by atoms with Crippen molar-refractivity contribution in [2.45, 2.75) is 86.9 Å². The van der Waals surface area contributed by atoms with E-state index in [1.807, 2.05) is 0 Å². The molecule has 9 aliphatic rings. The fraction of sp³-hybridized carbons (Fsp3) is 0.632. The van der Waals surface area contributed by atoms with Crippen LogP contribution in [0, 0.1) is 29.6 Å². The highest BCUT2D eigenvalue weighted by molar-refractivity contribution is 5.81. The maximum absolute atomic E-state index is 5.07. The van der Waals surface area contributed by atoms with Crippen molar-refractivity contribution in [2.75, 3.05) is 42.9 Å². The quantitative estimate of drug-likeness (QED) is 0.448. The minimum absolute atomic E-state index is 0.0144. The third-order valence-electron chi connectivity index (χ3n) is 15.6. The monoisotopic (exact) mass is 558 g/mol. The lowest BCUT2D eigenvalue weighted by molar-refractivity contribution is -0.0601. The van der Waals surface area contributed by atoms with Gasteiger partial charge in [-0.15, -0.1) is 0 Å². The molecule has 1 N–H and O–H groups in total. The van der Waals surface area contributed by atoms with Crippen LogP contribution in [0.2, 0.25) is 0 Å². The molecule has 6 fully saturated rings. The van der Waals surface area contributed by atoms with E-state index in [-0.39, 0.29) is 16.4 Å². The smallest absolute Gasteiger partial charge is 0.0805 e. The number of piperidine rings is 2. The van der Waals surface area contributed by atoms with E-state index in [2.05, 4.69) is 76.3 Å². The second-order valence-corrected chi connectivity index (χ2v) is 16.0. The van der Waals surface area contributed by atoms with Crippen molar-refractivity contribution in [1.82, 2.24) is 9.80 Å². The molecule has 2 saturated carbocycles. The summed E-state index contributed by atoms with van der Waals surface area (Å²) in [5.74, 6) is 3.67. The highest BCUT2D eigenvalue weighted by Gasteiger charge is 2.77. The van der Waals surface area contributed by atoms with Gasteiger partial charge in [0.05, 0.1) is 11.6 Å². The molecular formula is C38H46N4. The first-order valence-corrected chi connectivity index (χ1v) is 17.5. The zero-order valence-corrected chi connectivity index (χ0v) is 25.5. The van der Waals surface area contributed by atoms with Gasteiger partial charge in [-0.3, -0.25) is 9.80 Å². The van der Waals surface area contributed by atoms with Crippen molar-refractivity contribution in [3.63, 3.8) is 0 Å². The molecule has 4 nitrogen and oxygen atoms in total. The highest BCUT2D eigenvalue weighted by atomic mass is 15.3. The molecule has 3 spiro atoms. The Morgan fingerprint density at radius 2 is 1.60 bits per heavy atom. The lowest BCUT2D eigenvalue weighted by Crippen LogP contribution is -2.72. The molecule has 2 aromatic rings. The number of rotatable bonds is 2. The van der Waals surface area contributed by atoms with Crippen molar-refractivity contribution in [2.24, 2.45) is 29.6 Å². The molecule has 11 rings (SSSR count). The average molecular weight is 559 g/mol. The Hall–Kier alpha value is -2.30. The van der Waals surface area contributed by atoms with Gasteiger partial charge in [0, 0.05) is 65.4 Å². The maximum atomic E-state index is 5.07. The fourth-order valence-corrected chi connectivity index (χ4v) is 14.3. The van der Waals surface area contributed by atoms with Crippen molar-refractivity contribution < 1.29 is 0 Å². The van der Waals surface area contributed by atoms with Crippen LogP contribution in [0.25, 0.3) is 0 Å². The molecule has 7 heterocycles. The summed E-state index contributed by atoms with van der Waals surface area (Å²) < 4.78 is 0. The van der Waals surface area contributed by atoms with Crippen molar-refractivity contribution in [3.05, 3.63) is 71.3 Å². The summed E-state index contributed by atoms with van der Waals surface area (Å²) in [6.45, 7) is 16.3. The Morgan fingerprint density at radius 1 is 0.833 bits per heavy atom. The van der Waals surface area contributed by atoms with Crippen LogP contribution in [0.1, 0.15) is 69.1 Å². The molecule has 4 bridgehead atoms. The van der Waals surface area contributed by atoms with Crippen LogP contribution < -0.4 is 10.2 Å². The second kappa shape index (κ2) is 7.49. The van der Waals surface area contributed by atoms with E-state index < -0.39 is 0 Å². The van der Waals surface area contributed by atoms with Crippen LogP contribution in [0.15, 0.2) is 54.6 Å². The van der Waals surface area contributed by atoms with E-state index >= 15 is 0 Å². The number of nitrogens with one attached hydrogen (secondary N) is 1. The molecule has 0 aromatic heterocycles. The van der Waals surface area contributed by atoms with Gasteiger partial charge < -0.3 is 10.2 Å². The summed E-state index contributed by atoms with van der Waals surface area (Å²) in [6.07, 6.45) is 7.93. The van der Waals surface area contributed by atoms with Crippen LogP contribution in [-0.2, 0) is 16.4 Å². The summed E-state index contributed by atoms with van der Waals surface area (Å²) >= 11 is 0. The van der Waals surface area contributed by atoms with Crippen molar-refractivity contribution in [3.8, 4) is 0 Å². The van der Waals surface area contributed by atoms with Gasteiger partial charge in [-0.05, 0) is 79.6 Å². The Balaban J connectivity index is 1.20. The largest absolute Gasteiger partial charge is 0.374 e. The number of para-hydroxylation sites is 2. The van der Waals surface area contributed by atoms with E-state index in [1.165, 1.54) is 76.9 Å². The lowest BCUT2D eigenvalue weighted by atomic mass is 9.45. The van der Waals surface area contributed by atoms with E-state index in [9.17, 15) is 0 Å². The molecule has 2 aliphatic carbocycles. The number of nitrogens with zero attached hydrogens (tertiary/aromatic N) is 3. The molecule has 11 unspecified atom stereocenters. The molecule has 4 saturated heterocycles. The van der Waals surface area contributed by atoms with Gasteiger partial charge >= 0.3 is 0 Å². The predicted molar refractivity (Wildman–Crippen MR) is 169 cm³/mol. The molecule has 42 heavy (non-hydrogen) atoms. The third kappa shape index (κ3) is 2.24. The van der Waals surface area contributed by atoms with Gasteiger partial charge in [0.15, 0.2) is 0 Å². The normalized spacial score (nSPS) is 48.3. The number of benzene rings is 2. The first-order chi connectivity index (χ1) is 20.6. The van der Waals surface area contributed by atoms with Gasteiger partial charge in [-0.2, -0.15) is 0 Å². The number of fused-ring (bicyclic) bond motifs is 5. The Kier molecular flexibility index (Phi) is 4.29. The summed E-state index contributed by atoms with van der Waals surface area (Å²) in [6, 6.07) is 19.0.